The number of carbonyl (C=O) groups is 3. The number of halogens is 1. The number of nitrogens with one attached hydrogen (secondary N) is 2. The number of rotatable bonds is 6. The van der Waals surface area contributed by atoms with Crippen LogP contribution in [-0.2, 0) is 19.1 Å². The minimum Gasteiger partial charge on any atom is -0.444 e. The van der Waals surface area contributed by atoms with E-state index in [4.69, 9.17) is 9.47 Å². The highest BCUT2D eigenvalue weighted by molar-refractivity contribution is 6.20. The number of ether oxygens (including phenoxy) is 2. The van der Waals surface area contributed by atoms with Crippen molar-refractivity contribution in [1.82, 2.24) is 20.4 Å². The van der Waals surface area contributed by atoms with Crippen LogP contribution in [0, 0.1) is 17.8 Å². The van der Waals surface area contributed by atoms with E-state index in [-0.39, 0.29) is 47.9 Å². The van der Waals surface area contributed by atoms with E-state index >= 15 is 4.39 Å². The minimum atomic E-state index is -1.29. The van der Waals surface area contributed by atoms with Crippen LogP contribution in [0.1, 0.15) is 72.1 Å². The number of Topliss-reactive ketones (excluding diaryl/α,β-unsaturated/α-hetero) is 1. The summed E-state index contributed by atoms with van der Waals surface area (Å²) in [5.41, 5.74) is -0.433. The van der Waals surface area contributed by atoms with Crippen LogP contribution < -0.4 is 10.6 Å². The predicted molar refractivity (Wildman–Crippen MR) is 168 cm³/mol. The van der Waals surface area contributed by atoms with Gasteiger partial charge in [-0.05, 0) is 58.3 Å². The molecule has 3 saturated carbocycles. The van der Waals surface area contributed by atoms with Gasteiger partial charge >= 0.3 is 6.09 Å². The second-order valence-electron chi connectivity index (χ2n) is 16.6. The first kappa shape index (κ1) is 32.7. The van der Waals surface area contributed by atoms with Gasteiger partial charge in [0, 0.05) is 31.2 Å². The largest absolute Gasteiger partial charge is 0.444 e. The van der Waals surface area contributed by atoms with Gasteiger partial charge in [0.2, 0.25) is 0 Å². The van der Waals surface area contributed by atoms with Crippen molar-refractivity contribution >= 4 is 17.8 Å². The summed E-state index contributed by atoms with van der Waals surface area (Å²) in [7, 11) is 6.19. The highest BCUT2D eigenvalue weighted by atomic mass is 19.1. The molecule has 10 nitrogen and oxygen atoms in total. The maximum atomic E-state index is 16.5. The summed E-state index contributed by atoms with van der Waals surface area (Å²) in [6, 6.07) is -0.904. The molecule has 3 aliphatic heterocycles. The van der Waals surface area contributed by atoms with Gasteiger partial charge in [-0.2, -0.15) is 0 Å². The number of alkyl carbamates (subject to hydrolysis) is 1. The summed E-state index contributed by atoms with van der Waals surface area (Å²) in [5, 5.41) is 5.95. The van der Waals surface area contributed by atoms with E-state index in [1.807, 2.05) is 27.0 Å². The third-order valence-corrected chi connectivity index (χ3v) is 11.1. The van der Waals surface area contributed by atoms with E-state index in [0.717, 1.165) is 19.4 Å². The first-order chi connectivity index (χ1) is 21.2. The Morgan fingerprint density at radius 2 is 1.78 bits per heavy atom. The van der Waals surface area contributed by atoms with Gasteiger partial charge in [0.1, 0.15) is 11.8 Å². The lowest BCUT2D eigenvalue weighted by molar-refractivity contribution is -0.869. The predicted octanol–water partition coefficient (Wildman–Crippen LogP) is 3.01. The van der Waals surface area contributed by atoms with Crippen LogP contribution in [0.2, 0.25) is 0 Å². The molecule has 6 aliphatic rings. The molecular weight excluding hydrogens is 577 g/mol. The Morgan fingerprint density at radius 1 is 1.07 bits per heavy atom. The number of fused-ring (bicyclic) bond motifs is 3. The third kappa shape index (κ3) is 6.91. The van der Waals surface area contributed by atoms with Crippen LogP contribution in [0.4, 0.5) is 9.18 Å². The van der Waals surface area contributed by atoms with Crippen molar-refractivity contribution in [3.05, 3.63) is 11.8 Å². The summed E-state index contributed by atoms with van der Waals surface area (Å²) in [4.78, 5) is 44.4. The van der Waals surface area contributed by atoms with Gasteiger partial charge in [-0.15, -0.1) is 0 Å². The summed E-state index contributed by atoms with van der Waals surface area (Å²) in [6.45, 7) is 7.83. The van der Waals surface area contributed by atoms with Crippen molar-refractivity contribution in [2.75, 3.05) is 47.3 Å². The minimum absolute atomic E-state index is 0.0655. The van der Waals surface area contributed by atoms with Crippen LogP contribution in [-0.4, -0.2) is 128 Å². The van der Waals surface area contributed by atoms with E-state index in [1.165, 1.54) is 25.7 Å². The summed E-state index contributed by atoms with van der Waals surface area (Å²) < 4.78 is 29.6. The van der Waals surface area contributed by atoms with Crippen LogP contribution in [0.3, 0.4) is 0 Å². The molecule has 10 unspecified atom stereocenters. The van der Waals surface area contributed by atoms with Crippen LogP contribution in [0.5, 0.6) is 0 Å². The molecule has 6 rings (SSSR count). The number of alkyl halides is 1. The Kier molecular flexibility index (Phi) is 9.02. The first-order valence-corrected chi connectivity index (χ1v) is 17.3. The van der Waals surface area contributed by atoms with E-state index in [2.05, 4.69) is 41.6 Å². The maximum Gasteiger partial charge on any atom is 0.407 e. The van der Waals surface area contributed by atoms with Crippen molar-refractivity contribution in [3.8, 4) is 0 Å². The van der Waals surface area contributed by atoms with Crippen LogP contribution in [0.15, 0.2) is 11.8 Å². The van der Waals surface area contributed by atoms with E-state index in [1.54, 1.807) is 0 Å². The molecule has 11 heteroatoms. The number of ketones is 1. The second-order valence-corrected chi connectivity index (χ2v) is 16.6. The molecule has 2 N–H and O–H groups in total. The number of likely N-dealkylation sites (N-methyl/N-ethyl adjacent to an activating group) is 1. The second kappa shape index (κ2) is 12.4. The van der Waals surface area contributed by atoms with Crippen molar-refractivity contribution in [1.29, 1.82) is 0 Å². The summed E-state index contributed by atoms with van der Waals surface area (Å²) in [5.74, 6) is -0.0134. The average Bonchev–Trinajstić information content (AvgIpc) is 3.38. The SMILES string of the molecule is CC(C)(C)OC(=O)NC1CCN(C2C(F)CC3C(=O)C(C(=O)NCC[N+](C)(C)C)=CN4C5CC6CCCCC6CC5OC2C34)C1. The van der Waals surface area contributed by atoms with Gasteiger partial charge in [0.25, 0.3) is 5.91 Å². The molecule has 0 radical (unpaired) electrons. The highest BCUT2D eigenvalue weighted by Gasteiger charge is 2.61. The molecule has 2 saturated heterocycles. The molecule has 0 aromatic heterocycles. The Balaban J connectivity index is 1.26. The third-order valence-electron chi connectivity index (χ3n) is 11.1. The lowest BCUT2D eigenvalue weighted by Gasteiger charge is -2.61. The Bertz CT molecular complexity index is 1180. The van der Waals surface area contributed by atoms with Gasteiger partial charge in [-0.1, -0.05) is 25.7 Å². The smallest absolute Gasteiger partial charge is 0.407 e. The summed E-state index contributed by atoms with van der Waals surface area (Å²) >= 11 is 0. The van der Waals surface area contributed by atoms with E-state index in [0.29, 0.717) is 42.4 Å². The van der Waals surface area contributed by atoms with Crippen LogP contribution >= 0.6 is 0 Å². The standard InChI is InChI=1S/C34H54FN5O5/c1-34(2,3)45-33(43)37-22-11-13-38(18-22)29-25(35)17-23-28-31(29)44-27-16-21-10-8-7-9-20(21)15-26(27)39(28)19-24(30(23)41)32(42)36-12-14-40(4,5)6/h19-23,25-29,31H,7-18H2,1-6H3,(H-,36,37,42,43)/p+1. The molecule has 3 aliphatic carbocycles. The zero-order chi connectivity index (χ0) is 32.3. The molecule has 0 aromatic rings. The number of carbonyl (C=O) groups excluding carboxylic acids is 3. The van der Waals surface area contributed by atoms with Crippen LogP contribution in [0.25, 0.3) is 0 Å². The van der Waals surface area contributed by atoms with Crippen molar-refractivity contribution in [2.45, 2.75) is 120 Å². The van der Waals surface area contributed by atoms with Gasteiger partial charge in [-0.3, -0.25) is 14.5 Å². The number of hydrogen-bond donors (Lipinski definition) is 2. The zero-order valence-corrected chi connectivity index (χ0v) is 28.1. The molecule has 0 aromatic carbocycles. The Morgan fingerprint density at radius 3 is 2.47 bits per heavy atom. The topological polar surface area (TPSA) is 100 Å². The average molecular weight is 633 g/mol. The molecule has 3 heterocycles. The van der Waals surface area contributed by atoms with Crippen molar-refractivity contribution < 1.29 is 32.7 Å². The molecule has 45 heavy (non-hydrogen) atoms. The molecule has 252 valence electrons. The van der Waals surface area contributed by atoms with Crippen molar-refractivity contribution in [3.63, 3.8) is 0 Å². The van der Waals surface area contributed by atoms with E-state index < -0.39 is 35.9 Å². The summed E-state index contributed by atoms with van der Waals surface area (Å²) in [6.07, 6.45) is 7.14. The van der Waals surface area contributed by atoms with Gasteiger partial charge in [-0.25, -0.2) is 9.18 Å². The molecule has 0 bridgehead atoms. The number of morpholine rings is 1. The Hall–Kier alpha value is -2.24. The Labute approximate surface area is 268 Å². The molecule has 5 fully saturated rings. The molecular formula is C34H55FN5O5+. The first-order valence-electron chi connectivity index (χ1n) is 17.3. The van der Waals surface area contributed by atoms with E-state index in [9.17, 15) is 14.4 Å². The fourth-order valence-corrected chi connectivity index (χ4v) is 9.12. The fraction of sp³-hybridized carbons (Fsp3) is 0.853. The normalized spacial score (nSPS) is 38.4. The number of quaternary nitrogens is 1. The number of likely N-dealkylation sites (tertiary alicyclic amines) is 1. The van der Waals surface area contributed by atoms with Gasteiger partial charge in [0.05, 0.1) is 70.1 Å². The lowest BCUT2D eigenvalue weighted by atomic mass is 9.64. The zero-order valence-electron chi connectivity index (χ0n) is 28.1. The fourth-order valence-electron chi connectivity index (χ4n) is 9.12. The number of hydrogen-bond acceptors (Lipinski definition) is 7. The molecule has 0 spiro atoms. The lowest BCUT2D eigenvalue weighted by Crippen LogP contribution is -2.73. The van der Waals surface area contributed by atoms with Gasteiger partial charge < -0.3 is 29.5 Å². The maximum absolute atomic E-state index is 16.5. The monoisotopic (exact) mass is 632 g/mol. The van der Waals surface area contributed by atoms with Gasteiger partial charge in [0.15, 0.2) is 5.78 Å². The molecule has 2 amide bonds. The highest BCUT2D eigenvalue weighted by Crippen LogP contribution is 2.51. The number of nitrogens with zero attached hydrogens (tertiary/aromatic N) is 3. The molecule has 10 atom stereocenters. The number of amides is 2. The van der Waals surface area contributed by atoms with Crippen molar-refractivity contribution in [2.24, 2.45) is 17.8 Å². The quantitative estimate of drug-likeness (QED) is 0.343.